The molecule has 0 spiro atoms. The Morgan fingerprint density at radius 2 is 2.10 bits per heavy atom. The fourth-order valence-corrected chi connectivity index (χ4v) is 3.91. The van der Waals surface area contributed by atoms with Gasteiger partial charge in [0.2, 0.25) is 16.4 Å². The number of carbonyl (C=O) groups excluding carboxylic acids is 1. The molecule has 1 atom stereocenters. The standard InChI is InChI=1S/C12H21F2N3O3S/c1-2-16-21(19,20)9-3-6-17(7-9)11(18)15-8-12(4-5-12)10(13)14/h9-10,16H,2-8H2,1H3,(H,15,18)/t9-/m0/s1. The van der Waals surface area contributed by atoms with Gasteiger partial charge in [0.25, 0.3) is 0 Å². The molecule has 122 valence electrons. The largest absolute Gasteiger partial charge is 0.337 e. The van der Waals surface area contributed by atoms with Gasteiger partial charge in [0.15, 0.2) is 0 Å². The van der Waals surface area contributed by atoms with E-state index in [9.17, 15) is 22.0 Å². The number of halogens is 2. The van der Waals surface area contributed by atoms with E-state index in [1.54, 1.807) is 6.92 Å². The first-order valence-corrected chi connectivity index (χ1v) is 8.65. The lowest BCUT2D eigenvalue weighted by Crippen LogP contribution is -2.44. The SMILES string of the molecule is CCNS(=O)(=O)[C@H]1CCN(C(=O)NCC2(C(F)F)CC2)C1. The van der Waals surface area contributed by atoms with Crippen molar-refractivity contribution in [1.29, 1.82) is 0 Å². The third-order valence-electron chi connectivity index (χ3n) is 4.16. The van der Waals surface area contributed by atoms with Crippen molar-refractivity contribution in [1.82, 2.24) is 14.9 Å². The molecule has 1 heterocycles. The van der Waals surface area contributed by atoms with E-state index in [2.05, 4.69) is 10.0 Å². The van der Waals surface area contributed by atoms with Gasteiger partial charge in [-0.05, 0) is 19.3 Å². The Hall–Kier alpha value is -0.960. The van der Waals surface area contributed by atoms with Crippen LogP contribution in [0.2, 0.25) is 0 Å². The van der Waals surface area contributed by atoms with Gasteiger partial charge in [-0.2, -0.15) is 0 Å². The lowest BCUT2D eigenvalue weighted by Gasteiger charge is -2.20. The molecule has 1 saturated heterocycles. The fraction of sp³-hybridized carbons (Fsp3) is 0.917. The van der Waals surface area contributed by atoms with Gasteiger partial charge >= 0.3 is 6.03 Å². The van der Waals surface area contributed by atoms with Crippen LogP contribution in [0.3, 0.4) is 0 Å². The van der Waals surface area contributed by atoms with E-state index < -0.39 is 33.1 Å². The van der Waals surface area contributed by atoms with Crippen LogP contribution in [-0.2, 0) is 10.0 Å². The third kappa shape index (κ3) is 3.63. The van der Waals surface area contributed by atoms with Crippen LogP contribution >= 0.6 is 0 Å². The van der Waals surface area contributed by atoms with Gasteiger partial charge < -0.3 is 10.2 Å². The van der Waals surface area contributed by atoms with Crippen molar-refractivity contribution in [3.05, 3.63) is 0 Å². The zero-order valence-electron chi connectivity index (χ0n) is 11.9. The van der Waals surface area contributed by atoms with Crippen LogP contribution in [0.5, 0.6) is 0 Å². The molecule has 2 fully saturated rings. The van der Waals surface area contributed by atoms with Crippen LogP contribution in [0.4, 0.5) is 13.6 Å². The Bertz CT molecular complexity index is 494. The zero-order valence-corrected chi connectivity index (χ0v) is 12.8. The Morgan fingerprint density at radius 1 is 1.43 bits per heavy atom. The molecule has 6 nitrogen and oxygen atoms in total. The number of carbonyl (C=O) groups is 1. The van der Waals surface area contributed by atoms with E-state index in [1.165, 1.54) is 4.90 Å². The summed E-state index contributed by atoms with van der Waals surface area (Å²) in [4.78, 5) is 13.3. The van der Waals surface area contributed by atoms with Crippen LogP contribution in [0.15, 0.2) is 0 Å². The topological polar surface area (TPSA) is 78.5 Å². The van der Waals surface area contributed by atoms with Gasteiger partial charge in [0.1, 0.15) is 0 Å². The molecule has 2 N–H and O–H groups in total. The molecule has 21 heavy (non-hydrogen) atoms. The first-order valence-electron chi connectivity index (χ1n) is 7.10. The average molecular weight is 325 g/mol. The maximum absolute atomic E-state index is 12.8. The Labute approximate surface area is 123 Å². The monoisotopic (exact) mass is 325 g/mol. The van der Waals surface area contributed by atoms with Crippen molar-refractivity contribution in [2.45, 2.75) is 37.9 Å². The average Bonchev–Trinajstić information content (AvgIpc) is 3.03. The van der Waals surface area contributed by atoms with Gasteiger partial charge in [-0.1, -0.05) is 6.92 Å². The minimum Gasteiger partial charge on any atom is -0.337 e. The summed E-state index contributed by atoms with van der Waals surface area (Å²) in [5, 5.41) is 1.87. The second-order valence-corrected chi connectivity index (χ2v) is 7.77. The van der Waals surface area contributed by atoms with Crippen LogP contribution in [0.1, 0.15) is 26.2 Å². The molecule has 0 aromatic rings. The molecule has 9 heteroatoms. The number of hydrogen-bond donors (Lipinski definition) is 2. The molecule has 2 amide bonds. The minimum atomic E-state index is -3.41. The zero-order chi connectivity index (χ0) is 15.7. The van der Waals surface area contributed by atoms with Gasteiger partial charge in [-0.3, -0.25) is 0 Å². The second-order valence-electron chi connectivity index (χ2n) is 5.72. The van der Waals surface area contributed by atoms with E-state index in [-0.39, 0.29) is 13.1 Å². The molecular weight excluding hydrogens is 304 g/mol. The van der Waals surface area contributed by atoms with Crippen LogP contribution in [0.25, 0.3) is 0 Å². The number of nitrogens with one attached hydrogen (secondary N) is 2. The van der Waals surface area contributed by atoms with E-state index in [0.717, 1.165) is 0 Å². The highest BCUT2D eigenvalue weighted by atomic mass is 32.2. The molecule has 1 saturated carbocycles. The number of urea groups is 1. The molecule has 2 aliphatic rings. The number of alkyl halides is 2. The molecule has 1 aliphatic heterocycles. The normalized spacial score (nSPS) is 24.4. The molecule has 2 rings (SSSR count). The van der Waals surface area contributed by atoms with Gasteiger partial charge in [-0.15, -0.1) is 0 Å². The molecular formula is C12H21F2N3O3S. The first kappa shape index (κ1) is 16.4. The van der Waals surface area contributed by atoms with Gasteiger partial charge in [-0.25, -0.2) is 26.7 Å². The lowest BCUT2D eigenvalue weighted by atomic mass is 10.1. The summed E-state index contributed by atoms with van der Waals surface area (Å²) >= 11 is 0. The summed E-state index contributed by atoms with van der Waals surface area (Å²) in [7, 11) is -3.41. The Balaban J connectivity index is 1.83. The number of likely N-dealkylation sites (tertiary alicyclic amines) is 1. The van der Waals surface area contributed by atoms with E-state index in [1.807, 2.05) is 0 Å². The van der Waals surface area contributed by atoms with E-state index in [4.69, 9.17) is 0 Å². The lowest BCUT2D eigenvalue weighted by molar-refractivity contribution is 0.0620. The highest BCUT2D eigenvalue weighted by molar-refractivity contribution is 7.90. The second kappa shape index (κ2) is 6.04. The van der Waals surface area contributed by atoms with Crippen molar-refractivity contribution in [2.75, 3.05) is 26.2 Å². The van der Waals surface area contributed by atoms with Crippen molar-refractivity contribution in [3.63, 3.8) is 0 Å². The smallest absolute Gasteiger partial charge is 0.317 e. The first-order chi connectivity index (χ1) is 9.81. The van der Waals surface area contributed by atoms with Gasteiger partial charge in [0, 0.05) is 31.6 Å². The fourth-order valence-electron chi connectivity index (χ4n) is 2.48. The summed E-state index contributed by atoms with van der Waals surface area (Å²) in [5.41, 5.74) is -1.06. The maximum atomic E-state index is 12.8. The molecule has 0 radical (unpaired) electrons. The third-order valence-corrected chi connectivity index (χ3v) is 6.12. The number of rotatable bonds is 6. The van der Waals surface area contributed by atoms with E-state index >= 15 is 0 Å². The van der Waals surface area contributed by atoms with Crippen molar-refractivity contribution in [3.8, 4) is 0 Å². The predicted molar refractivity (Wildman–Crippen MR) is 73.6 cm³/mol. The molecule has 0 aromatic carbocycles. The Kier molecular flexibility index (Phi) is 4.72. The number of hydrogen-bond acceptors (Lipinski definition) is 3. The quantitative estimate of drug-likeness (QED) is 0.756. The summed E-state index contributed by atoms with van der Waals surface area (Å²) < 4.78 is 51.6. The number of amides is 2. The van der Waals surface area contributed by atoms with Crippen LogP contribution < -0.4 is 10.0 Å². The summed E-state index contributed by atoms with van der Waals surface area (Å²) in [6, 6.07) is -0.462. The van der Waals surface area contributed by atoms with E-state index in [0.29, 0.717) is 32.4 Å². The van der Waals surface area contributed by atoms with Gasteiger partial charge in [0.05, 0.1) is 5.25 Å². The molecule has 1 aliphatic carbocycles. The highest BCUT2D eigenvalue weighted by Gasteiger charge is 2.51. The molecule has 0 bridgehead atoms. The summed E-state index contributed by atoms with van der Waals surface area (Å²) in [5.74, 6) is 0. The van der Waals surface area contributed by atoms with Crippen LogP contribution in [0, 0.1) is 5.41 Å². The number of nitrogens with zero attached hydrogens (tertiary/aromatic N) is 1. The Morgan fingerprint density at radius 3 is 2.62 bits per heavy atom. The summed E-state index contributed by atoms with van der Waals surface area (Å²) in [6.45, 7) is 2.37. The van der Waals surface area contributed by atoms with Crippen molar-refractivity contribution < 1.29 is 22.0 Å². The van der Waals surface area contributed by atoms with Crippen LogP contribution in [-0.4, -0.2) is 57.2 Å². The number of sulfonamides is 1. The molecule has 0 unspecified atom stereocenters. The van der Waals surface area contributed by atoms with Crippen molar-refractivity contribution >= 4 is 16.1 Å². The molecule has 0 aromatic heterocycles. The maximum Gasteiger partial charge on any atom is 0.317 e. The highest BCUT2D eigenvalue weighted by Crippen LogP contribution is 2.50. The van der Waals surface area contributed by atoms with Crippen molar-refractivity contribution in [2.24, 2.45) is 5.41 Å². The summed E-state index contributed by atoms with van der Waals surface area (Å²) in [6.07, 6.45) is -1.23. The predicted octanol–water partition coefficient (Wildman–Crippen LogP) is 0.755. The minimum absolute atomic E-state index is 0.0510.